The normalized spacial score (nSPS) is 13.9. The standard InChI is InChI=1S/C73H144N2O15P2/c1-5-9-13-17-21-25-29-33-37-41-45-49-53-57-70(77)74-67(61-85-72(79)59-55-51-47-43-39-35-31-27-23-19-15-11-7-3)63-87-91(81,82)89-65-69(76)66-90-92(83,84)88-64-68(75-71(78)58-54-50-46-42-38-34-30-26-22-18-14-10-6-2)62-86-73(80)60-56-52-48-44-40-36-32-28-24-20-16-12-8-4/h67-69,76H,5-66H2,1-4H3,(H,74,77)(H,75,78)(H,81,82)(H,83,84)/p-2. The molecule has 0 radical (unpaired) electrons. The topological polar surface area (TPSA) is 248 Å². The molecule has 2 amide bonds. The van der Waals surface area contributed by atoms with Crippen LogP contribution in [0.3, 0.4) is 0 Å². The number of aliphatic hydroxyl groups excluding tert-OH is 1. The van der Waals surface area contributed by atoms with Gasteiger partial charge in [0, 0.05) is 25.7 Å². The number of hydrogen-bond donors (Lipinski definition) is 3. The van der Waals surface area contributed by atoms with Crippen LogP contribution in [-0.2, 0) is 55.9 Å². The molecule has 4 unspecified atom stereocenters. The van der Waals surface area contributed by atoms with Gasteiger partial charge in [-0.3, -0.25) is 28.3 Å². The molecule has 0 aliphatic rings. The van der Waals surface area contributed by atoms with Gasteiger partial charge >= 0.3 is 11.9 Å². The smallest absolute Gasteiger partial charge is 0.305 e. The fourth-order valence-corrected chi connectivity index (χ4v) is 13.0. The third-order valence-electron chi connectivity index (χ3n) is 17.3. The maximum Gasteiger partial charge on any atom is 0.305 e. The number of esters is 2. The summed E-state index contributed by atoms with van der Waals surface area (Å²) in [4.78, 5) is 77.7. The van der Waals surface area contributed by atoms with Crippen LogP contribution in [0.2, 0.25) is 0 Å². The minimum absolute atomic E-state index is 0.189. The van der Waals surface area contributed by atoms with E-state index in [1.165, 1.54) is 231 Å². The monoisotopic (exact) mass is 1350 g/mol. The molecule has 0 rings (SSSR count). The highest BCUT2D eigenvalue weighted by Crippen LogP contribution is 2.40. The Kier molecular flexibility index (Phi) is 66.2. The Bertz CT molecular complexity index is 1640. The number of nitrogens with one attached hydrogen (secondary N) is 2. The summed E-state index contributed by atoms with van der Waals surface area (Å²) in [6.07, 6.45) is 59.5. The zero-order chi connectivity index (χ0) is 67.5. The molecule has 3 N–H and O–H groups in total. The first-order valence-electron chi connectivity index (χ1n) is 38.4. The summed E-state index contributed by atoms with van der Waals surface area (Å²) in [5.74, 6) is -1.61. The van der Waals surface area contributed by atoms with Gasteiger partial charge in [0.15, 0.2) is 0 Å². The molecule has 0 heterocycles. The predicted molar refractivity (Wildman–Crippen MR) is 372 cm³/mol. The minimum atomic E-state index is -5.17. The number of carbonyl (C=O) groups is 4. The summed E-state index contributed by atoms with van der Waals surface area (Å²) < 4.78 is 56.9. The molecule has 4 atom stereocenters. The molecule has 17 nitrogen and oxygen atoms in total. The number of phosphoric acid groups is 2. The summed E-state index contributed by atoms with van der Waals surface area (Å²) in [6.45, 7) is 5.12. The van der Waals surface area contributed by atoms with Gasteiger partial charge in [-0.05, 0) is 25.7 Å². The van der Waals surface area contributed by atoms with E-state index < -0.39 is 72.2 Å². The first-order valence-corrected chi connectivity index (χ1v) is 41.4. The lowest BCUT2D eigenvalue weighted by molar-refractivity contribution is -0.231. The van der Waals surface area contributed by atoms with Crippen molar-refractivity contribution in [3.05, 3.63) is 0 Å². The first kappa shape index (κ1) is 90.1. The molecule has 0 aromatic heterocycles. The maximum atomic E-state index is 13.1. The number of amides is 2. The molecule has 0 spiro atoms. The quantitative estimate of drug-likeness (QED) is 0.0291. The molecule has 0 saturated heterocycles. The summed E-state index contributed by atoms with van der Waals surface area (Å²) in [6, 6.07) is -2.05. The van der Waals surface area contributed by atoms with Gasteiger partial charge in [0.2, 0.25) is 11.8 Å². The first-order chi connectivity index (χ1) is 44.7. The lowest BCUT2D eigenvalue weighted by atomic mass is 10.0. The molecule has 0 bridgehead atoms. The van der Waals surface area contributed by atoms with Crippen molar-refractivity contribution in [3.8, 4) is 0 Å². The molecule has 19 heteroatoms. The number of carbonyl (C=O) groups excluding carboxylic acids is 4. The van der Waals surface area contributed by atoms with Crippen LogP contribution in [0.1, 0.15) is 387 Å². The Morgan fingerprint density at radius 2 is 0.478 bits per heavy atom. The number of unbranched alkanes of at least 4 members (excludes halogenated alkanes) is 48. The van der Waals surface area contributed by atoms with Crippen LogP contribution in [0.4, 0.5) is 0 Å². The summed E-state index contributed by atoms with van der Waals surface area (Å²) in [5, 5.41) is 16.1. The second kappa shape index (κ2) is 67.6. The fourth-order valence-electron chi connectivity index (χ4n) is 11.4. The minimum Gasteiger partial charge on any atom is -0.756 e. The molecule has 0 aromatic rings. The molecular formula is C73H142N2O15P2-2. The van der Waals surface area contributed by atoms with Crippen LogP contribution >= 0.6 is 15.6 Å². The van der Waals surface area contributed by atoms with Crippen molar-refractivity contribution in [1.29, 1.82) is 0 Å². The van der Waals surface area contributed by atoms with Crippen molar-refractivity contribution in [2.24, 2.45) is 0 Å². The molecule has 546 valence electrons. The Labute approximate surface area is 563 Å². The van der Waals surface area contributed by atoms with Gasteiger partial charge in [0.25, 0.3) is 15.6 Å². The number of phosphoric ester groups is 2. The zero-order valence-electron chi connectivity index (χ0n) is 59.6. The van der Waals surface area contributed by atoms with Crippen molar-refractivity contribution in [2.45, 2.75) is 405 Å². The average molecular weight is 1350 g/mol. The van der Waals surface area contributed by atoms with Gasteiger partial charge in [-0.2, -0.15) is 0 Å². The Morgan fingerprint density at radius 1 is 0.293 bits per heavy atom. The second-order valence-corrected chi connectivity index (χ2v) is 29.4. The Balaban J connectivity index is 5.25. The largest absolute Gasteiger partial charge is 0.756 e. The molecule has 0 saturated carbocycles. The van der Waals surface area contributed by atoms with Crippen LogP contribution in [0.5, 0.6) is 0 Å². The Morgan fingerprint density at radius 3 is 0.696 bits per heavy atom. The van der Waals surface area contributed by atoms with Crippen molar-refractivity contribution in [2.75, 3.05) is 39.6 Å². The Hall–Kier alpha value is -1.94. The molecule has 0 fully saturated rings. The molecule has 0 aliphatic heterocycles. The van der Waals surface area contributed by atoms with Crippen LogP contribution in [0.25, 0.3) is 0 Å². The summed E-state index contributed by atoms with van der Waals surface area (Å²) in [5.41, 5.74) is 0. The van der Waals surface area contributed by atoms with Crippen LogP contribution in [0, 0.1) is 0 Å². The van der Waals surface area contributed by atoms with E-state index in [0.717, 1.165) is 77.0 Å². The number of aliphatic hydroxyl groups is 1. The van der Waals surface area contributed by atoms with Crippen molar-refractivity contribution in [3.63, 3.8) is 0 Å². The average Bonchev–Trinajstić information content (AvgIpc) is 3.45. The highest BCUT2D eigenvalue weighted by atomic mass is 31.2. The van der Waals surface area contributed by atoms with E-state index >= 15 is 0 Å². The number of rotatable bonds is 74. The van der Waals surface area contributed by atoms with Gasteiger partial charge < -0.3 is 53.1 Å². The van der Waals surface area contributed by atoms with E-state index in [1.807, 2.05) is 0 Å². The summed E-state index contributed by atoms with van der Waals surface area (Å²) >= 11 is 0. The van der Waals surface area contributed by atoms with Crippen LogP contribution in [-0.4, -0.2) is 86.7 Å². The molecule has 0 aromatic carbocycles. The van der Waals surface area contributed by atoms with Crippen molar-refractivity contribution < 1.29 is 70.8 Å². The van der Waals surface area contributed by atoms with E-state index in [1.54, 1.807) is 0 Å². The van der Waals surface area contributed by atoms with Gasteiger partial charge in [-0.25, -0.2) is 0 Å². The molecule has 92 heavy (non-hydrogen) atoms. The lowest BCUT2D eigenvalue weighted by Gasteiger charge is -2.28. The van der Waals surface area contributed by atoms with E-state index in [2.05, 4.69) is 38.3 Å². The van der Waals surface area contributed by atoms with E-state index in [4.69, 9.17) is 27.6 Å². The lowest BCUT2D eigenvalue weighted by Crippen LogP contribution is -2.42. The van der Waals surface area contributed by atoms with Crippen molar-refractivity contribution >= 4 is 39.4 Å². The number of hydrogen-bond acceptors (Lipinski definition) is 15. The molecular weight excluding hydrogens is 1210 g/mol. The predicted octanol–water partition coefficient (Wildman–Crippen LogP) is 19.3. The second-order valence-electron chi connectivity index (χ2n) is 26.6. The van der Waals surface area contributed by atoms with Gasteiger partial charge in [0.1, 0.15) is 19.3 Å². The van der Waals surface area contributed by atoms with Crippen molar-refractivity contribution in [1.82, 2.24) is 10.6 Å². The number of ether oxygens (including phenoxy) is 2. The van der Waals surface area contributed by atoms with Gasteiger partial charge in [-0.1, -0.05) is 336 Å². The maximum absolute atomic E-state index is 13.1. The third-order valence-corrected chi connectivity index (χ3v) is 19.2. The highest BCUT2D eigenvalue weighted by Gasteiger charge is 2.23. The highest BCUT2D eigenvalue weighted by molar-refractivity contribution is 7.46. The van der Waals surface area contributed by atoms with Crippen LogP contribution in [0.15, 0.2) is 0 Å². The zero-order valence-corrected chi connectivity index (χ0v) is 61.4. The van der Waals surface area contributed by atoms with Crippen LogP contribution < -0.4 is 20.4 Å². The van der Waals surface area contributed by atoms with Gasteiger partial charge in [-0.15, -0.1) is 0 Å². The van der Waals surface area contributed by atoms with Gasteiger partial charge in [0.05, 0.1) is 38.5 Å². The summed E-state index contributed by atoms with van der Waals surface area (Å²) in [7, 11) is -10.3. The van der Waals surface area contributed by atoms with E-state index in [9.17, 15) is 43.2 Å². The van der Waals surface area contributed by atoms with E-state index in [-0.39, 0.29) is 50.7 Å². The van der Waals surface area contributed by atoms with E-state index in [0.29, 0.717) is 25.7 Å². The molecule has 0 aliphatic carbocycles. The fraction of sp³-hybridized carbons (Fsp3) is 0.945. The SMILES string of the molecule is CCCCCCCCCCCCCCCC(=O)NC(COC(=O)CCCCCCCCCCCCCCC)COP(=O)([O-])OCC(O)COP(=O)([O-])OCC(COC(=O)CCCCCCCCCCCCCCC)NC(=O)CCCCCCCCCCCCCCC. The third kappa shape index (κ3) is 66.7.